The van der Waals surface area contributed by atoms with Crippen molar-refractivity contribution in [1.29, 1.82) is 0 Å². The fourth-order valence-electron chi connectivity index (χ4n) is 3.33. The van der Waals surface area contributed by atoms with Crippen molar-refractivity contribution in [3.63, 3.8) is 0 Å². The summed E-state index contributed by atoms with van der Waals surface area (Å²) < 4.78 is 1.13. The molecule has 1 aliphatic carbocycles. The van der Waals surface area contributed by atoms with Crippen molar-refractivity contribution in [2.45, 2.75) is 59.0 Å². The molecule has 2 heteroatoms. The van der Waals surface area contributed by atoms with E-state index in [1.165, 1.54) is 36.8 Å². The molecule has 1 aliphatic rings. The lowest BCUT2D eigenvalue weighted by Crippen LogP contribution is -2.25. The second-order valence-corrected chi connectivity index (χ2v) is 6.64. The average molecular weight is 311 g/mol. The maximum Gasteiger partial charge on any atom is 0.0848 e. The second-order valence-electron chi connectivity index (χ2n) is 5.78. The monoisotopic (exact) mass is 310 g/mol. The van der Waals surface area contributed by atoms with Crippen molar-refractivity contribution in [3.05, 3.63) is 33.3 Å². The van der Waals surface area contributed by atoms with Crippen LogP contribution in [0.15, 0.2) is 16.6 Å². The molecule has 1 N–H and O–H groups in total. The Labute approximate surface area is 119 Å². The van der Waals surface area contributed by atoms with Gasteiger partial charge in [-0.25, -0.2) is 0 Å². The molecule has 1 saturated carbocycles. The molecule has 1 aromatic carbocycles. The lowest BCUT2D eigenvalue weighted by molar-refractivity contribution is 0.0232. The van der Waals surface area contributed by atoms with Gasteiger partial charge in [0, 0.05) is 9.89 Å². The Morgan fingerprint density at radius 3 is 2.39 bits per heavy atom. The van der Waals surface area contributed by atoms with Crippen molar-refractivity contribution in [2.75, 3.05) is 0 Å². The molecule has 1 fully saturated rings. The third-order valence-corrected chi connectivity index (χ3v) is 5.58. The van der Waals surface area contributed by atoms with Crippen LogP contribution in [0.5, 0.6) is 0 Å². The minimum atomic E-state index is -0.309. The first-order chi connectivity index (χ1) is 8.50. The Balaban J connectivity index is 2.39. The summed E-state index contributed by atoms with van der Waals surface area (Å²) in [6.07, 6.45) is 5.62. The van der Waals surface area contributed by atoms with Gasteiger partial charge >= 0.3 is 0 Å². The number of rotatable bonds is 3. The van der Waals surface area contributed by atoms with E-state index >= 15 is 0 Å². The maximum absolute atomic E-state index is 10.9. The largest absolute Gasteiger partial charge is 0.388 e. The van der Waals surface area contributed by atoms with Gasteiger partial charge in [0.05, 0.1) is 6.10 Å². The van der Waals surface area contributed by atoms with Crippen LogP contribution in [0.1, 0.15) is 61.8 Å². The average Bonchev–Trinajstić information content (AvgIpc) is 2.83. The molecule has 100 valence electrons. The van der Waals surface area contributed by atoms with Crippen molar-refractivity contribution >= 4 is 15.9 Å². The fourth-order valence-corrected chi connectivity index (χ4v) is 3.79. The van der Waals surface area contributed by atoms with Crippen molar-refractivity contribution < 1.29 is 5.11 Å². The summed E-state index contributed by atoms with van der Waals surface area (Å²) in [5.74, 6) is 0. The molecule has 0 amide bonds. The summed E-state index contributed by atoms with van der Waals surface area (Å²) >= 11 is 3.56. The molecule has 0 heterocycles. The highest BCUT2D eigenvalue weighted by molar-refractivity contribution is 9.10. The molecular formula is C16H23BrO. The summed E-state index contributed by atoms with van der Waals surface area (Å²) in [6, 6.07) is 4.28. The lowest BCUT2D eigenvalue weighted by atomic mass is 9.74. The number of aliphatic hydroxyl groups is 1. The number of hydrogen-bond acceptors (Lipinski definition) is 1. The molecule has 0 spiro atoms. The summed E-state index contributed by atoms with van der Waals surface area (Å²) in [5, 5.41) is 10.9. The molecule has 1 atom stereocenters. The zero-order valence-corrected chi connectivity index (χ0v) is 13.2. The smallest absolute Gasteiger partial charge is 0.0848 e. The lowest BCUT2D eigenvalue weighted by Gasteiger charge is -2.34. The quantitative estimate of drug-likeness (QED) is 0.826. The van der Waals surface area contributed by atoms with E-state index < -0.39 is 0 Å². The number of benzene rings is 1. The number of hydrogen-bond donors (Lipinski definition) is 1. The van der Waals surface area contributed by atoms with Crippen LogP contribution in [0.25, 0.3) is 0 Å². The third kappa shape index (κ3) is 2.37. The van der Waals surface area contributed by atoms with Gasteiger partial charge in [-0.1, -0.05) is 41.8 Å². The summed E-state index contributed by atoms with van der Waals surface area (Å²) in [4.78, 5) is 0. The Morgan fingerprint density at radius 2 is 1.83 bits per heavy atom. The van der Waals surface area contributed by atoms with Crippen LogP contribution < -0.4 is 0 Å². The Bertz CT molecular complexity index is 433. The molecule has 1 nitrogen and oxygen atoms in total. The van der Waals surface area contributed by atoms with Crippen LogP contribution >= 0.6 is 15.9 Å². The van der Waals surface area contributed by atoms with Crippen LogP contribution in [0.4, 0.5) is 0 Å². The van der Waals surface area contributed by atoms with E-state index in [0.29, 0.717) is 0 Å². The maximum atomic E-state index is 10.9. The van der Waals surface area contributed by atoms with Gasteiger partial charge in [-0.05, 0) is 55.9 Å². The van der Waals surface area contributed by atoms with Crippen LogP contribution in [-0.4, -0.2) is 5.11 Å². The van der Waals surface area contributed by atoms with Gasteiger partial charge in [0.15, 0.2) is 0 Å². The van der Waals surface area contributed by atoms with E-state index in [1.54, 1.807) is 0 Å². The van der Waals surface area contributed by atoms with Gasteiger partial charge in [0.25, 0.3) is 0 Å². The molecule has 0 radical (unpaired) electrons. The number of aliphatic hydroxyl groups excluding tert-OH is 1. The van der Waals surface area contributed by atoms with E-state index in [-0.39, 0.29) is 11.5 Å². The molecule has 2 rings (SSSR count). The third-order valence-electron chi connectivity index (χ3n) is 4.73. The molecule has 0 saturated heterocycles. The van der Waals surface area contributed by atoms with E-state index in [0.717, 1.165) is 16.5 Å². The van der Waals surface area contributed by atoms with Gasteiger partial charge in [0.2, 0.25) is 0 Å². The first-order valence-corrected chi connectivity index (χ1v) is 7.74. The van der Waals surface area contributed by atoms with E-state index in [4.69, 9.17) is 0 Å². The van der Waals surface area contributed by atoms with Crippen molar-refractivity contribution in [2.24, 2.45) is 5.41 Å². The Morgan fingerprint density at radius 1 is 1.22 bits per heavy atom. The second kappa shape index (κ2) is 5.34. The molecule has 0 aromatic heterocycles. The summed E-state index contributed by atoms with van der Waals surface area (Å²) in [5.41, 5.74) is 3.64. The van der Waals surface area contributed by atoms with Gasteiger partial charge < -0.3 is 5.11 Å². The summed E-state index contributed by atoms with van der Waals surface area (Å²) in [6.45, 7) is 6.41. The van der Waals surface area contributed by atoms with E-state index in [1.807, 2.05) is 0 Å². The first kappa shape index (κ1) is 14.1. The molecule has 0 bridgehead atoms. The first-order valence-electron chi connectivity index (χ1n) is 6.95. The molecule has 18 heavy (non-hydrogen) atoms. The predicted octanol–water partition coefficient (Wildman–Crippen LogP) is 5.07. The Kier molecular flexibility index (Phi) is 4.18. The van der Waals surface area contributed by atoms with Crippen molar-refractivity contribution in [1.82, 2.24) is 0 Å². The van der Waals surface area contributed by atoms with E-state index in [2.05, 4.69) is 48.8 Å². The van der Waals surface area contributed by atoms with Gasteiger partial charge in [-0.2, -0.15) is 0 Å². The van der Waals surface area contributed by atoms with Crippen molar-refractivity contribution in [3.8, 4) is 0 Å². The van der Waals surface area contributed by atoms with Crippen LogP contribution in [0, 0.1) is 19.3 Å². The zero-order valence-electron chi connectivity index (χ0n) is 11.6. The van der Waals surface area contributed by atoms with E-state index in [9.17, 15) is 5.11 Å². The highest BCUT2D eigenvalue weighted by atomic mass is 79.9. The predicted molar refractivity (Wildman–Crippen MR) is 79.8 cm³/mol. The van der Waals surface area contributed by atoms with Crippen LogP contribution in [0.3, 0.4) is 0 Å². The Hall–Kier alpha value is -0.340. The van der Waals surface area contributed by atoms with Gasteiger partial charge in [0.1, 0.15) is 0 Å². The van der Waals surface area contributed by atoms with Crippen LogP contribution in [0.2, 0.25) is 0 Å². The molecule has 0 aliphatic heterocycles. The molecular weight excluding hydrogens is 288 g/mol. The fraction of sp³-hybridized carbons (Fsp3) is 0.625. The standard InChI is InChI=1S/C16H23BrO/c1-4-16(7-5-6-8-16)15(18)13-9-12(3)14(17)10-11(13)2/h9-10,15,18H,4-8H2,1-3H3. The molecule has 1 unspecified atom stereocenters. The topological polar surface area (TPSA) is 20.2 Å². The van der Waals surface area contributed by atoms with Gasteiger partial charge in [-0.3, -0.25) is 0 Å². The SMILES string of the molecule is CCC1(C(O)c2cc(C)c(Br)cc2C)CCCC1. The molecule has 1 aromatic rings. The summed E-state index contributed by atoms with van der Waals surface area (Å²) in [7, 11) is 0. The highest BCUT2D eigenvalue weighted by Crippen LogP contribution is 2.50. The normalized spacial score (nSPS) is 20.1. The number of aryl methyl sites for hydroxylation is 2. The van der Waals surface area contributed by atoms with Gasteiger partial charge in [-0.15, -0.1) is 0 Å². The highest BCUT2D eigenvalue weighted by Gasteiger charge is 2.40. The minimum Gasteiger partial charge on any atom is -0.388 e. The zero-order chi connectivity index (χ0) is 13.3. The minimum absolute atomic E-state index is 0.116. The number of halogens is 1. The van der Waals surface area contributed by atoms with Crippen LogP contribution in [-0.2, 0) is 0 Å².